The molecule has 1 unspecified atom stereocenters. The van der Waals surface area contributed by atoms with Gasteiger partial charge in [0.25, 0.3) is 0 Å². The third kappa shape index (κ3) is 5.79. The van der Waals surface area contributed by atoms with Crippen LogP contribution in [0.3, 0.4) is 0 Å². The first-order chi connectivity index (χ1) is 21.7. The molecule has 1 aliphatic heterocycles. The van der Waals surface area contributed by atoms with Crippen molar-refractivity contribution in [3.63, 3.8) is 0 Å². The highest BCUT2D eigenvalue weighted by Crippen LogP contribution is 2.38. The first-order valence-electron chi connectivity index (χ1n) is 15.3. The van der Waals surface area contributed by atoms with Crippen molar-refractivity contribution in [2.24, 2.45) is 5.92 Å². The van der Waals surface area contributed by atoms with Gasteiger partial charge in [0, 0.05) is 25.0 Å². The first-order valence-corrected chi connectivity index (χ1v) is 15.3. The van der Waals surface area contributed by atoms with E-state index in [9.17, 15) is 30.6 Å². The van der Waals surface area contributed by atoms with Gasteiger partial charge in [-0.1, -0.05) is 6.07 Å². The zero-order valence-electron chi connectivity index (χ0n) is 25.1. The summed E-state index contributed by atoms with van der Waals surface area (Å²) in [5, 5.41) is 61.2. The fourth-order valence-corrected chi connectivity index (χ4v) is 6.65. The third-order valence-electron chi connectivity index (χ3n) is 9.74. The zero-order valence-corrected chi connectivity index (χ0v) is 25.1. The maximum absolute atomic E-state index is 11.0. The molecule has 2 fully saturated rings. The molecule has 3 aromatic heterocycles. The Morgan fingerprint density at radius 1 is 1.09 bits per heavy atom. The molecule has 15 heteroatoms. The molecule has 1 aromatic carbocycles. The van der Waals surface area contributed by atoms with Gasteiger partial charge in [0.15, 0.2) is 17.7 Å². The summed E-state index contributed by atoms with van der Waals surface area (Å²) in [6.45, 7) is 1.09. The van der Waals surface area contributed by atoms with Crippen molar-refractivity contribution in [2.75, 3.05) is 38.7 Å². The van der Waals surface area contributed by atoms with Crippen molar-refractivity contribution in [3.05, 3.63) is 42.2 Å². The van der Waals surface area contributed by atoms with Crippen LogP contribution in [0.1, 0.15) is 43.8 Å². The molecule has 0 radical (unpaired) electrons. The van der Waals surface area contributed by atoms with Crippen LogP contribution in [0.5, 0.6) is 0 Å². The van der Waals surface area contributed by atoms with Crippen molar-refractivity contribution in [1.82, 2.24) is 34.4 Å². The molecule has 15 nitrogen and oxygen atoms in total. The number of nitrogens with two attached hydrogens (primary N) is 1. The van der Waals surface area contributed by atoms with Crippen LogP contribution in [0.25, 0.3) is 22.2 Å². The van der Waals surface area contributed by atoms with Gasteiger partial charge in [-0.2, -0.15) is 0 Å². The van der Waals surface area contributed by atoms with E-state index in [1.165, 1.54) is 12.7 Å². The van der Waals surface area contributed by atoms with Crippen molar-refractivity contribution >= 4 is 28.0 Å². The molecule has 1 saturated carbocycles. The Kier molecular flexibility index (Phi) is 9.05. The molecular formula is C30H42N8O7. The Morgan fingerprint density at radius 3 is 2.56 bits per heavy atom. The maximum Gasteiger partial charge on any atom is 0.167 e. The number of benzene rings is 1. The lowest BCUT2D eigenvalue weighted by Crippen LogP contribution is -2.54. The smallest absolute Gasteiger partial charge is 0.167 e. The highest BCUT2D eigenvalue weighted by atomic mass is 16.6. The summed E-state index contributed by atoms with van der Waals surface area (Å²) in [4.78, 5) is 22.6. The molecule has 5 atom stereocenters. The van der Waals surface area contributed by atoms with Gasteiger partial charge in [0.2, 0.25) is 0 Å². The number of nitrogens with one attached hydrogen (secondary N) is 1. The minimum Gasteiger partial charge on any atom is -0.395 e. The lowest BCUT2D eigenvalue weighted by atomic mass is 9.76. The minimum absolute atomic E-state index is 0.0522. The summed E-state index contributed by atoms with van der Waals surface area (Å²) in [7, 11) is 0. The van der Waals surface area contributed by atoms with Crippen LogP contribution in [0.2, 0.25) is 0 Å². The number of hydrogen-bond acceptors (Lipinski definition) is 13. The highest BCUT2D eigenvalue weighted by molar-refractivity contribution is 5.81. The summed E-state index contributed by atoms with van der Waals surface area (Å²) in [5.41, 5.74) is 7.77. The lowest BCUT2D eigenvalue weighted by Gasteiger charge is -2.46. The number of aromatic nitrogens is 6. The quantitative estimate of drug-likeness (QED) is 0.0910. The van der Waals surface area contributed by atoms with Gasteiger partial charge >= 0.3 is 0 Å². The predicted octanol–water partition coefficient (Wildman–Crippen LogP) is -0.787. The number of aliphatic hydroxyl groups excluding tert-OH is 6. The van der Waals surface area contributed by atoms with Crippen LogP contribution in [-0.2, 0) is 16.6 Å². The lowest BCUT2D eigenvalue weighted by molar-refractivity contribution is -0.0677. The zero-order chi connectivity index (χ0) is 31.9. The van der Waals surface area contributed by atoms with E-state index in [0.717, 1.165) is 37.0 Å². The molecule has 4 heterocycles. The molecule has 0 amide bonds. The Morgan fingerprint density at radius 2 is 1.84 bits per heavy atom. The first kappa shape index (κ1) is 31.7. The number of aromatic amines is 1. The number of imidazole rings is 2. The molecule has 0 bridgehead atoms. The van der Waals surface area contributed by atoms with E-state index in [1.54, 1.807) is 16.7 Å². The van der Waals surface area contributed by atoms with Gasteiger partial charge in [0.05, 0.1) is 49.2 Å². The van der Waals surface area contributed by atoms with Crippen molar-refractivity contribution in [3.8, 4) is 0 Å². The van der Waals surface area contributed by atoms with Crippen molar-refractivity contribution < 1.29 is 35.4 Å². The number of aryl methyl sites for hydroxylation is 1. The molecule has 244 valence electrons. The van der Waals surface area contributed by atoms with Crippen LogP contribution in [-0.4, -0.2) is 128 Å². The minimum atomic E-state index is -1.21. The van der Waals surface area contributed by atoms with E-state index in [2.05, 4.69) is 24.8 Å². The molecule has 1 aliphatic carbocycles. The van der Waals surface area contributed by atoms with Gasteiger partial charge < -0.3 is 46.1 Å². The molecular weight excluding hydrogens is 584 g/mol. The number of ether oxygens (including phenoxy) is 1. The maximum atomic E-state index is 11.0. The highest BCUT2D eigenvalue weighted by Gasteiger charge is 2.47. The number of hydrogen-bond donors (Lipinski definition) is 8. The Hall–Kier alpha value is -3.28. The van der Waals surface area contributed by atoms with Crippen molar-refractivity contribution in [2.45, 2.75) is 74.6 Å². The second kappa shape index (κ2) is 12.8. The van der Waals surface area contributed by atoms with E-state index < -0.39 is 30.0 Å². The summed E-state index contributed by atoms with van der Waals surface area (Å²) in [5.74, 6) is 1.51. The second-order valence-electron chi connectivity index (χ2n) is 12.6. The van der Waals surface area contributed by atoms with E-state index in [4.69, 9.17) is 15.5 Å². The third-order valence-corrected chi connectivity index (χ3v) is 9.74. The molecule has 6 rings (SSSR count). The van der Waals surface area contributed by atoms with Gasteiger partial charge in [0.1, 0.15) is 36.0 Å². The molecule has 4 aromatic rings. The second-order valence-corrected chi connectivity index (χ2v) is 12.6. The Bertz CT molecular complexity index is 1600. The van der Waals surface area contributed by atoms with Crippen LogP contribution in [0, 0.1) is 5.92 Å². The number of nitrogens with zero attached hydrogens (tertiary/aromatic N) is 6. The monoisotopic (exact) mass is 626 g/mol. The van der Waals surface area contributed by atoms with Gasteiger partial charge in [-0.3, -0.25) is 9.47 Å². The molecule has 9 N–H and O–H groups in total. The standard InChI is InChI=1S/C30H42N8O7/c1-16(10-39)37(9-22-25(43)26(44)29(45-22)38-15-34-24-27(31)32-14-33-28(24)38)19-6-17(7-19)2-5-23-35-20-4-3-18(8-21(20)36-23)30(11-40,12-41)13-42/h3-4,8,14-17,19,22,25-26,29,39-44H,2,5-7,9-13H2,1H3,(H,35,36)(H2,31,32,33)/t16?,17?,19?,22-,25-,26-,29-/m1/s1. The number of H-pyrrole nitrogens is 1. The van der Waals surface area contributed by atoms with Crippen LogP contribution in [0.4, 0.5) is 5.82 Å². The summed E-state index contributed by atoms with van der Waals surface area (Å²) in [6.07, 6.45) is 2.30. The van der Waals surface area contributed by atoms with Crippen LogP contribution >= 0.6 is 0 Å². The van der Waals surface area contributed by atoms with Gasteiger partial charge in [-0.25, -0.2) is 19.9 Å². The largest absolute Gasteiger partial charge is 0.395 e. The SMILES string of the molecule is CC(CO)N(C[C@H]1O[C@@H](n2cnc3c(N)ncnc32)[C@H](O)[C@@H]1O)C1CC(CCc2nc3cc(C(CO)(CO)CO)ccc3[nH]2)C1. The normalized spacial score (nSPS) is 26.2. The fourth-order valence-electron chi connectivity index (χ4n) is 6.65. The molecule has 0 spiro atoms. The van der Waals surface area contributed by atoms with Crippen molar-refractivity contribution in [1.29, 1.82) is 0 Å². The van der Waals surface area contributed by atoms with E-state index in [-0.39, 0.29) is 44.3 Å². The van der Waals surface area contributed by atoms with Gasteiger partial charge in [-0.05, 0) is 49.8 Å². The summed E-state index contributed by atoms with van der Waals surface area (Å²) < 4.78 is 7.74. The predicted molar refractivity (Wildman–Crippen MR) is 163 cm³/mol. The van der Waals surface area contributed by atoms with Crippen LogP contribution in [0.15, 0.2) is 30.9 Å². The summed E-state index contributed by atoms with van der Waals surface area (Å²) >= 11 is 0. The topological polar surface area (TPSA) is 232 Å². The molecule has 45 heavy (non-hydrogen) atoms. The Labute approximate surface area is 259 Å². The van der Waals surface area contributed by atoms with Gasteiger partial charge in [-0.15, -0.1) is 0 Å². The number of fused-ring (bicyclic) bond motifs is 2. The number of nitrogen functional groups attached to an aromatic ring is 1. The number of aliphatic hydroxyl groups is 6. The average Bonchev–Trinajstić information content (AvgIpc) is 3.72. The molecule has 1 saturated heterocycles. The average molecular weight is 627 g/mol. The van der Waals surface area contributed by atoms with E-state index in [0.29, 0.717) is 34.7 Å². The fraction of sp³-hybridized carbons (Fsp3) is 0.600. The Balaban J connectivity index is 1.07. The number of rotatable bonds is 13. The summed E-state index contributed by atoms with van der Waals surface area (Å²) in [6, 6.07) is 5.45. The molecule has 2 aliphatic rings. The van der Waals surface area contributed by atoms with E-state index >= 15 is 0 Å². The van der Waals surface area contributed by atoms with Crippen LogP contribution < -0.4 is 5.73 Å². The van der Waals surface area contributed by atoms with E-state index in [1.807, 2.05) is 13.0 Å². The number of anilines is 1.